The van der Waals surface area contributed by atoms with Crippen LogP contribution in [-0.2, 0) is 6.54 Å². The summed E-state index contributed by atoms with van der Waals surface area (Å²) >= 11 is 5.88. The zero-order valence-electron chi connectivity index (χ0n) is 18.0. The molecule has 2 amide bonds. The predicted molar refractivity (Wildman–Crippen MR) is 122 cm³/mol. The summed E-state index contributed by atoms with van der Waals surface area (Å²) in [6.45, 7) is 2.16. The Morgan fingerprint density at radius 2 is 1.94 bits per heavy atom. The van der Waals surface area contributed by atoms with Gasteiger partial charge in [-0.05, 0) is 62.2 Å². The van der Waals surface area contributed by atoms with Gasteiger partial charge in [0.15, 0.2) is 5.82 Å². The molecule has 7 nitrogen and oxygen atoms in total. The number of aromatic nitrogens is 3. The number of amides is 2. The summed E-state index contributed by atoms with van der Waals surface area (Å²) in [5.74, 6) is 1.70. The fourth-order valence-corrected chi connectivity index (χ4v) is 4.29. The van der Waals surface area contributed by atoms with E-state index in [2.05, 4.69) is 20.1 Å². The SMILES string of the molecule is COc1ccc(N(Cc2nnc(C)n2C2CCCC2)C(=O)Nc2ccc(F)c(Cl)c2)cc1. The third kappa shape index (κ3) is 4.70. The number of halogens is 2. The van der Waals surface area contributed by atoms with Crippen molar-refractivity contribution in [3.05, 3.63) is 65.0 Å². The van der Waals surface area contributed by atoms with Gasteiger partial charge in [-0.25, -0.2) is 9.18 Å². The van der Waals surface area contributed by atoms with Crippen LogP contribution in [0.2, 0.25) is 5.02 Å². The molecule has 0 saturated heterocycles. The first-order chi connectivity index (χ1) is 15.5. The largest absolute Gasteiger partial charge is 0.497 e. The fourth-order valence-electron chi connectivity index (χ4n) is 4.11. The van der Waals surface area contributed by atoms with Gasteiger partial charge >= 0.3 is 6.03 Å². The fraction of sp³-hybridized carbons (Fsp3) is 0.348. The van der Waals surface area contributed by atoms with Gasteiger partial charge in [0.2, 0.25) is 0 Å². The number of hydrogen-bond acceptors (Lipinski definition) is 4. The molecule has 1 N–H and O–H groups in total. The molecule has 0 radical (unpaired) electrons. The Bertz CT molecular complexity index is 1100. The number of urea groups is 1. The number of nitrogens with one attached hydrogen (secondary N) is 1. The van der Waals surface area contributed by atoms with Crippen LogP contribution in [0.3, 0.4) is 0 Å². The van der Waals surface area contributed by atoms with Crippen LogP contribution in [0.1, 0.15) is 43.4 Å². The van der Waals surface area contributed by atoms with Crippen molar-refractivity contribution in [1.29, 1.82) is 0 Å². The molecule has 1 saturated carbocycles. The monoisotopic (exact) mass is 457 g/mol. The topological polar surface area (TPSA) is 72.3 Å². The van der Waals surface area contributed by atoms with Crippen molar-refractivity contribution >= 4 is 29.0 Å². The van der Waals surface area contributed by atoms with Crippen molar-refractivity contribution in [3.8, 4) is 5.75 Å². The van der Waals surface area contributed by atoms with Gasteiger partial charge < -0.3 is 14.6 Å². The average molecular weight is 458 g/mol. The van der Waals surface area contributed by atoms with Crippen LogP contribution in [0.4, 0.5) is 20.6 Å². The van der Waals surface area contributed by atoms with Gasteiger partial charge in [-0.3, -0.25) is 4.90 Å². The maximum absolute atomic E-state index is 13.5. The minimum Gasteiger partial charge on any atom is -0.497 e. The van der Waals surface area contributed by atoms with E-state index in [1.807, 2.05) is 6.92 Å². The zero-order chi connectivity index (χ0) is 22.7. The zero-order valence-corrected chi connectivity index (χ0v) is 18.8. The quantitative estimate of drug-likeness (QED) is 0.512. The van der Waals surface area contributed by atoms with Crippen LogP contribution in [0.25, 0.3) is 0 Å². The van der Waals surface area contributed by atoms with Gasteiger partial charge in [0.25, 0.3) is 0 Å². The summed E-state index contributed by atoms with van der Waals surface area (Å²) < 4.78 is 20.9. The number of carbonyl (C=O) groups is 1. The highest BCUT2D eigenvalue weighted by Gasteiger charge is 2.26. The van der Waals surface area contributed by atoms with Gasteiger partial charge in [0.1, 0.15) is 17.4 Å². The number of rotatable bonds is 6. The van der Waals surface area contributed by atoms with E-state index in [0.717, 1.165) is 24.5 Å². The number of aryl methyl sites for hydroxylation is 1. The van der Waals surface area contributed by atoms with Crippen molar-refractivity contribution in [2.75, 3.05) is 17.3 Å². The Hall–Kier alpha value is -3.13. The number of anilines is 2. The lowest BCUT2D eigenvalue weighted by Gasteiger charge is -2.25. The standard InChI is InChI=1S/C23H25ClFN5O2/c1-15-27-28-22(30(15)18-5-3-4-6-18)14-29(17-8-10-19(32-2)11-9-17)23(31)26-16-7-12-21(25)20(24)13-16/h7-13,18H,3-6,14H2,1-2H3,(H,26,31). The Labute approximate surface area is 191 Å². The molecule has 0 bridgehead atoms. The molecular weight excluding hydrogens is 433 g/mol. The molecule has 0 atom stereocenters. The van der Waals surface area contributed by atoms with Crippen LogP contribution in [0.5, 0.6) is 5.75 Å². The molecule has 4 rings (SSSR count). The van der Waals surface area contributed by atoms with Crippen LogP contribution in [0, 0.1) is 12.7 Å². The molecule has 32 heavy (non-hydrogen) atoms. The van der Waals surface area contributed by atoms with Crippen LogP contribution in [0.15, 0.2) is 42.5 Å². The third-order valence-corrected chi connectivity index (χ3v) is 6.02. The highest BCUT2D eigenvalue weighted by atomic mass is 35.5. The van der Waals surface area contributed by atoms with Crippen LogP contribution < -0.4 is 15.0 Å². The van der Waals surface area contributed by atoms with Crippen LogP contribution in [-0.4, -0.2) is 27.9 Å². The maximum atomic E-state index is 13.5. The summed E-state index contributed by atoms with van der Waals surface area (Å²) in [7, 11) is 1.59. The van der Waals surface area contributed by atoms with E-state index in [4.69, 9.17) is 16.3 Å². The highest BCUT2D eigenvalue weighted by molar-refractivity contribution is 6.31. The van der Waals surface area contributed by atoms with Gasteiger partial charge in [0.05, 0.1) is 18.7 Å². The smallest absolute Gasteiger partial charge is 0.326 e. The Kier molecular flexibility index (Phi) is 6.60. The summed E-state index contributed by atoms with van der Waals surface area (Å²) in [6, 6.07) is 11.2. The van der Waals surface area contributed by atoms with E-state index in [-0.39, 0.29) is 11.6 Å². The Morgan fingerprint density at radius 1 is 1.22 bits per heavy atom. The molecule has 3 aromatic rings. The molecule has 2 aromatic carbocycles. The Balaban J connectivity index is 1.65. The van der Waals surface area contributed by atoms with E-state index >= 15 is 0 Å². The first kappa shape index (κ1) is 22.1. The molecule has 1 aliphatic rings. The van der Waals surface area contributed by atoms with Crippen molar-refractivity contribution in [3.63, 3.8) is 0 Å². The number of methoxy groups -OCH3 is 1. The second-order valence-corrected chi connectivity index (χ2v) is 8.22. The van der Waals surface area contributed by atoms with E-state index in [1.54, 1.807) is 36.3 Å². The van der Waals surface area contributed by atoms with E-state index in [0.29, 0.717) is 23.2 Å². The molecular formula is C23H25ClFN5O2. The number of hydrogen-bond donors (Lipinski definition) is 1. The third-order valence-electron chi connectivity index (χ3n) is 5.73. The lowest BCUT2D eigenvalue weighted by Crippen LogP contribution is -2.35. The second-order valence-electron chi connectivity index (χ2n) is 7.81. The molecule has 1 heterocycles. The Morgan fingerprint density at radius 3 is 2.59 bits per heavy atom. The number of benzene rings is 2. The molecule has 9 heteroatoms. The van der Waals surface area contributed by atoms with E-state index in [9.17, 15) is 9.18 Å². The van der Waals surface area contributed by atoms with Gasteiger partial charge in [-0.1, -0.05) is 24.4 Å². The molecule has 0 unspecified atom stereocenters. The number of nitrogens with zero attached hydrogens (tertiary/aromatic N) is 4. The molecule has 1 aromatic heterocycles. The lowest BCUT2D eigenvalue weighted by atomic mass is 10.2. The predicted octanol–water partition coefficient (Wildman–Crippen LogP) is 5.74. The minimum absolute atomic E-state index is 0.0598. The number of ether oxygens (including phenoxy) is 1. The van der Waals surface area contributed by atoms with Crippen LogP contribution >= 0.6 is 11.6 Å². The summed E-state index contributed by atoms with van der Waals surface area (Å²) in [5, 5.41) is 11.4. The van der Waals surface area contributed by atoms with Crippen molar-refractivity contribution in [2.24, 2.45) is 0 Å². The minimum atomic E-state index is -0.545. The van der Waals surface area contributed by atoms with Crippen molar-refractivity contribution in [1.82, 2.24) is 14.8 Å². The average Bonchev–Trinajstić information content (AvgIpc) is 3.44. The normalized spacial score (nSPS) is 13.9. The summed E-state index contributed by atoms with van der Waals surface area (Å²) in [6.07, 6.45) is 4.51. The van der Waals surface area contributed by atoms with Gasteiger partial charge in [-0.2, -0.15) is 0 Å². The molecule has 1 fully saturated rings. The van der Waals surface area contributed by atoms with Crippen molar-refractivity contribution in [2.45, 2.75) is 45.2 Å². The van der Waals surface area contributed by atoms with Gasteiger partial charge in [0, 0.05) is 17.4 Å². The van der Waals surface area contributed by atoms with E-state index in [1.165, 1.54) is 31.0 Å². The lowest BCUT2D eigenvalue weighted by molar-refractivity contribution is 0.256. The van der Waals surface area contributed by atoms with Crippen molar-refractivity contribution < 1.29 is 13.9 Å². The summed E-state index contributed by atoms with van der Waals surface area (Å²) in [5.41, 5.74) is 1.06. The molecule has 168 valence electrons. The molecule has 0 aliphatic heterocycles. The van der Waals surface area contributed by atoms with E-state index < -0.39 is 11.8 Å². The maximum Gasteiger partial charge on any atom is 0.326 e. The molecule has 0 spiro atoms. The first-order valence-electron chi connectivity index (χ1n) is 10.5. The first-order valence-corrected chi connectivity index (χ1v) is 10.9. The van der Waals surface area contributed by atoms with Gasteiger partial charge in [-0.15, -0.1) is 10.2 Å². The summed E-state index contributed by atoms with van der Waals surface area (Å²) in [4.78, 5) is 14.9. The highest BCUT2D eigenvalue weighted by Crippen LogP contribution is 2.32. The molecule has 1 aliphatic carbocycles. The number of carbonyl (C=O) groups excluding carboxylic acids is 1. The second kappa shape index (κ2) is 9.56.